The van der Waals surface area contributed by atoms with Gasteiger partial charge < -0.3 is 9.67 Å². The van der Waals surface area contributed by atoms with Gasteiger partial charge in [0.2, 0.25) is 0 Å². The minimum absolute atomic E-state index is 0.157. The smallest absolute Gasteiger partial charge is 0.268 e. The molecule has 150 valence electrons. The van der Waals surface area contributed by atoms with Crippen LogP contribution in [0.1, 0.15) is 17.6 Å². The van der Waals surface area contributed by atoms with Gasteiger partial charge in [-0.05, 0) is 36.4 Å². The zero-order valence-corrected chi connectivity index (χ0v) is 17.0. The van der Waals surface area contributed by atoms with Gasteiger partial charge in [-0.1, -0.05) is 48.5 Å². The zero-order chi connectivity index (χ0) is 20.9. The van der Waals surface area contributed by atoms with Gasteiger partial charge in [0.1, 0.15) is 5.82 Å². The van der Waals surface area contributed by atoms with Gasteiger partial charge in [0.05, 0.1) is 27.1 Å². The summed E-state index contributed by atoms with van der Waals surface area (Å²) in [5.41, 5.74) is 2.36. The Morgan fingerprint density at radius 2 is 1.50 bits per heavy atom. The summed E-state index contributed by atoms with van der Waals surface area (Å²) in [6.07, 6.45) is -1.23. The van der Waals surface area contributed by atoms with E-state index in [0.717, 1.165) is 16.4 Å². The van der Waals surface area contributed by atoms with Crippen LogP contribution < -0.4 is 0 Å². The number of fused-ring (bicyclic) bond motifs is 2. The van der Waals surface area contributed by atoms with Crippen molar-refractivity contribution in [2.45, 2.75) is 11.0 Å². The van der Waals surface area contributed by atoms with Crippen LogP contribution in [0, 0.1) is 0 Å². The molecule has 0 saturated carbocycles. The van der Waals surface area contributed by atoms with E-state index in [9.17, 15) is 13.5 Å². The molecule has 1 N–H and O–H groups in total. The molecular weight excluding hydrogens is 398 g/mol. The molecule has 1 atom stereocenters. The average Bonchev–Trinajstić information content (AvgIpc) is 3.33. The Balaban J connectivity index is 1.77. The number of aliphatic hydroxyl groups is 1. The van der Waals surface area contributed by atoms with Crippen LogP contribution in [0.25, 0.3) is 21.9 Å². The van der Waals surface area contributed by atoms with E-state index >= 15 is 0 Å². The maximum Gasteiger partial charge on any atom is 0.268 e. The van der Waals surface area contributed by atoms with E-state index in [1.54, 1.807) is 53.1 Å². The Morgan fingerprint density at radius 3 is 2.23 bits per heavy atom. The second kappa shape index (κ2) is 6.83. The lowest BCUT2D eigenvalue weighted by Crippen LogP contribution is -2.19. The van der Waals surface area contributed by atoms with Crippen LogP contribution in [0.4, 0.5) is 0 Å². The van der Waals surface area contributed by atoms with Gasteiger partial charge in [-0.3, -0.25) is 0 Å². The Bertz CT molecular complexity index is 1480. The third-order valence-corrected chi connectivity index (χ3v) is 7.08. The first-order chi connectivity index (χ1) is 14.5. The molecule has 0 bridgehead atoms. The average molecular weight is 417 g/mol. The van der Waals surface area contributed by atoms with Crippen molar-refractivity contribution in [3.63, 3.8) is 0 Å². The van der Waals surface area contributed by atoms with Crippen LogP contribution in [0.3, 0.4) is 0 Å². The summed E-state index contributed by atoms with van der Waals surface area (Å²) < 4.78 is 30.1. The van der Waals surface area contributed by atoms with E-state index in [0.29, 0.717) is 11.3 Å². The number of benzene rings is 3. The maximum absolute atomic E-state index is 13.5. The van der Waals surface area contributed by atoms with Gasteiger partial charge >= 0.3 is 0 Å². The largest absolute Gasteiger partial charge is 0.379 e. The molecule has 1 unspecified atom stereocenters. The molecule has 30 heavy (non-hydrogen) atoms. The summed E-state index contributed by atoms with van der Waals surface area (Å²) in [6, 6.07) is 24.7. The van der Waals surface area contributed by atoms with Crippen molar-refractivity contribution in [2.75, 3.05) is 0 Å². The molecule has 5 aromatic rings. The van der Waals surface area contributed by atoms with Crippen molar-refractivity contribution in [2.24, 2.45) is 7.05 Å². The third kappa shape index (κ3) is 2.74. The minimum atomic E-state index is -3.93. The molecule has 0 amide bonds. The number of hydrogen-bond acceptors (Lipinski definition) is 4. The Kier molecular flexibility index (Phi) is 4.23. The van der Waals surface area contributed by atoms with Crippen molar-refractivity contribution in [3.8, 4) is 0 Å². The molecular formula is C23H19N3O3S. The lowest BCUT2D eigenvalue weighted by molar-refractivity contribution is 0.201. The van der Waals surface area contributed by atoms with E-state index in [1.165, 1.54) is 3.97 Å². The molecule has 2 aromatic heterocycles. The standard InChI is InChI=1S/C23H19N3O3S/c1-25-20-14-8-6-12-18(20)24-23(25)22(27)21-15-16-9-5-7-13-19(16)26(21)30(28,29)17-10-3-2-4-11-17/h2-15,22,27H,1H3. The Labute approximate surface area is 173 Å². The van der Waals surface area contributed by atoms with Crippen LogP contribution >= 0.6 is 0 Å². The number of aliphatic hydroxyl groups excluding tert-OH is 1. The molecule has 0 aliphatic carbocycles. The van der Waals surface area contributed by atoms with Gasteiger partial charge in [-0.25, -0.2) is 17.4 Å². The molecule has 0 fully saturated rings. The molecule has 7 heteroatoms. The fourth-order valence-corrected chi connectivity index (χ4v) is 5.42. The normalized spacial score (nSPS) is 13.1. The van der Waals surface area contributed by atoms with Crippen LogP contribution in [-0.4, -0.2) is 27.0 Å². The van der Waals surface area contributed by atoms with Crippen LogP contribution in [-0.2, 0) is 17.1 Å². The predicted molar refractivity (Wildman–Crippen MR) is 116 cm³/mol. The van der Waals surface area contributed by atoms with Crippen molar-refractivity contribution < 1.29 is 13.5 Å². The van der Waals surface area contributed by atoms with E-state index in [-0.39, 0.29) is 10.6 Å². The topological polar surface area (TPSA) is 77.1 Å². The molecule has 6 nitrogen and oxygen atoms in total. The SMILES string of the molecule is Cn1c(C(O)c2cc3ccccc3n2S(=O)(=O)c2ccccc2)nc2ccccc21. The summed E-state index contributed by atoms with van der Waals surface area (Å²) in [6.45, 7) is 0. The second-order valence-corrected chi connectivity index (χ2v) is 8.92. The molecule has 2 heterocycles. The highest BCUT2D eigenvalue weighted by Gasteiger charge is 2.29. The number of nitrogens with zero attached hydrogens (tertiary/aromatic N) is 3. The number of para-hydroxylation sites is 3. The van der Waals surface area contributed by atoms with Crippen LogP contribution in [0.2, 0.25) is 0 Å². The van der Waals surface area contributed by atoms with Crippen LogP contribution in [0.15, 0.2) is 89.8 Å². The van der Waals surface area contributed by atoms with Gasteiger partial charge in [0.15, 0.2) is 6.10 Å². The van der Waals surface area contributed by atoms with Gasteiger partial charge in [-0.15, -0.1) is 0 Å². The highest BCUT2D eigenvalue weighted by molar-refractivity contribution is 7.90. The second-order valence-electron chi connectivity index (χ2n) is 7.13. The van der Waals surface area contributed by atoms with E-state index < -0.39 is 16.1 Å². The molecule has 0 radical (unpaired) electrons. The maximum atomic E-state index is 13.5. The number of aromatic nitrogens is 3. The fourth-order valence-electron chi connectivity index (χ4n) is 3.85. The molecule has 0 spiro atoms. The van der Waals surface area contributed by atoms with Crippen molar-refractivity contribution in [1.29, 1.82) is 0 Å². The summed E-state index contributed by atoms with van der Waals surface area (Å²) in [7, 11) is -2.12. The highest BCUT2D eigenvalue weighted by Crippen LogP contribution is 2.32. The first-order valence-electron chi connectivity index (χ1n) is 9.49. The third-order valence-electron chi connectivity index (χ3n) is 5.32. The molecule has 3 aromatic carbocycles. The number of rotatable bonds is 4. The van der Waals surface area contributed by atoms with Crippen molar-refractivity contribution in [1.82, 2.24) is 13.5 Å². The molecule has 0 saturated heterocycles. The summed E-state index contributed by atoms with van der Waals surface area (Å²) in [5.74, 6) is 0.378. The highest BCUT2D eigenvalue weighted by atomic mass is 32.2. The summed E-state index contributed by atoms with van der Waals surface area (Å²) in [4.78, 5) is 4.72. The van der Waals surface area contributed by atoms with Gasteiger partial charge in [0.25, 0.3) is 10.0 Å². The summed E-state index contributed by atoms with van der Waals surface area (Å²) in [5, 5.41) is 12.0. The van der Waals surface area contributed by atoms with E-state index in [4.69, 9.17) is 0 Å². The predicted octanol–water partition coefficient (Wildman–Crippen LogP) is 3.85. The van der Waals surface area contributed by atoms with E-state index in [2.05, 4.69) is 4.98 Å². The molecule has 5 rings (SSSR count). The van der Waals surface area contributed by atoms with E-state index in [1.807, 2.05) is 43.4 Å². The van der Waals surface area contributed by atoms with Crippen molar-refractivity contribution in [3.05, 3.63) is 96.4 Å². The monoisotopic (exact) mass is 417 g/mol. The van der Waals surface area contributed by atoms with Crippen LogP contribution in [0.5, 0.6) is 0 Å². The molecule has 0 aliphatic heterocycles. The fraction of sp³-hybridized carbons (Fsp3) is 0.0870. The van der Waals surface area contributed by atoms with Gasteiger partial charge in [0, 0.05) is 12.4 Å². The van der Waals surface area contributed by atoms with Crippen molar-refractivity contribution >= 4 is 32.0 Å². The number of hydrogen-bond donors (Lipinski definition) is 1. The zero-order valence-electron chi connectivity index (χ0n) is 16.2. The number of imidazole rings is 1. The molecule has 0 aliphatic rings. The first kappa shape index (κ1) is 18.6. The Hall–Kier alpha value is -3.42. The number of aryl methyl sites for hydroxylation is 1. The lowest BCUT2D eigenvalue weighted by Gasteiger charge is -2.16. The Morgan fingerprint density at radius 1 is 0.867 bits per heavy atom. The first-order valence-corrected chi connectivity index (χ1v) is 10.9. The quantitative estimate of drug-likeness (QED) is 0.482. The lowest BCUT2D eigenvalue weighted by atomic mass is 10.2. The summed E-state index contributed by atoms with van der Waals surface area (Å²) >= 11 is 0. The minimum Gasteiger partial charge on any atom is -0.379 e. The van der Waals surface area contributed by atoms with Gasteiger partial charge in [-0.2, -0.15) is 0 Å².